The molecule has 0 aromatic carbocycles. The second-order valence-corrected chi connectivity index (χ2v) is 6.99. The first-order chi connectivity index (χ1) is 3.56. The van der Waals surface area contributed by atoms with Gasteiger partial charge in [-0.05, 0) is 5.04 Å². The van der Waals surface area contributed by atoms with Gasteiger partial charge in [0.15, 0.2) is 0 Å². The third-order valence-corrected chi connectivity index (χ3v) is 3.84. The van der Waals surface area contributed by atoms with E-state index in [-0.39, 0.29) is 9.52 Å². The molecule has 0 spiro atoms. The van der Waals surface area contributed by atoms with Crippen LogP contribution in [0.3, 0.4) is 0 Å². The number of rotatable bonds is 2. The van der Waals surface area contributed by atoms with E-state index in [1.807, 2.05) is 0 Å². The molecule has 0 fully saturated rings. The highest BCUT2D eigenvalue weighted by Gasteiger charge is 2.08. The van der Waals surface area contributed by atoms with Crippen molar-refractivity contribution in [3.8, 4) is 0 Å². The van der Waals surface area contributed by atoms with Crippen LogP contribution < -0.4 is 0 Å². The van der Waals surface area contributed by atoms with Crippen LogP contribution in [0.25, 0.3) is 0 Å². The van der Waals surface area contributed by atoms with E-state index in [0.29, 0.717) is 5.04 Å². The minimum Gasteiger partial charge on any atom is -0.0657 e. The van der Waals surface area contributed by atoms with Crippen molar-refractivity contribution in [2.45, 2.75) is 45.2 Å². The SMILES string of the molecule is CCC[SiH2]C(C)(C)C. The van der Waals surface area contributed by atoms with Crippen molar-refractivity contribution in [2.75, 3.05) is 0 Å². The second-order valence-electron chi connectivity index (χ2n) is 3.66. The Kier molecular flexibility index (Phi) is 3.37. The lowest BCUT2D eigenvalue weighted by Crippen LogP contribution is -2.06. The lowest BCUT2D eigenvalue weighted by atomic mass is 10.2. The topological polar surface area (TPSA) is 0 Å². The van der Waals surface area contributed by atoms with Crippen LogP contribution in [0.1, 0.15) is 34.1 Å². The van der Waals surface area contributed by atoms with Crippen LogP contribution in [0.5, 0.6) is 0 Å². The fourth-order valence-corrected chi connectivity index (χ4v) is 2.12. The van der Waals surface area contributed by atoms with Crippen molar-refractivity contribution >= 4 is 9.52 Å². The van der Waals surface area contributed by atoms with E-state index >= 15 is 0 Å². The predicted octanol–water partition coefficient (Wildman–Crippen LogP) is 2.20. The fraction of sp³-hybridized carbons (Fsp3) is 1.00. The smallest absolute Gasteiger partial charge is 0.0260 e. The minimum atomic E-state index is 0.250. The molecular weight excluding hydrogens is 112 g/mol. The lowest BCUT2D eigenvalue weighted by Gasteiger charge is -2.15. The third-order valence-electron chi connectivity index (χ3n) is 1.28. The zero-order chi connectivity index (χ0) is 6.62. The molecule has 8 heavy (non-hydrogen) atoms. The summed E-state index contributed by atoms with van der Waals surface area (Å²) in [5.41, 5.74) is 0. The average Bonchev–Trinajstić information content (AvgIpc) is 1.59. The van der Waals surface area contributed by atoms with Crippen LogP contribution in [-0.4, -0.2) is 9.52 Å². The molecule has 0 heterocycles. The molecule has 0 rings (SSSR count). The Labute approximate surface area is 55.5 Å². The van der Waals surface area contributed by atoms with E-state index in [4.69, 9.17) is 0 Å². The van der Waals surface area contributed by atoms with Gasteiger partial charge in [0.05, 0.1) is 0 Å². The van der Waals surface area contributed by atoms with Crippen molar-refractivity contribution in [3.05, 3.63) is 0 Å². The molecule has 0 aromatic heterocycles. The molecule has 0 aliphatic heterocycles. The van der Waals surface area contributed by atoms with E-state index in [0.717, 1.165) is 0 Å². The van der Waals surface area contributed by atoms with E-state index in [1.54, 1.807) is 0 Å². The van der Waals surface area contributed by atoms with Gasteiger partial charge in [-0.15, -0.1) is 0 Å². The van der Waals surface area contributed by atoms with Crippen LogP contribution >= 0.6 is 0 Å². The van der Waals surface area contributed by atoms with Crippen LogP contribution in [-0.2, 0) is 0 Å². The minimum absolute atomic E-state index is 0.250. The van der Waals surface area contributed by atoms with Gasteiger partial charge in [-0.1, -0.05) is 40.2 Å². The van der Waals surface area contributed by atoms with Crippen molar-refractivity contribution in [1.82, 2.24) is 0 Å². The molecule has 0 bridgehead atoms. The van der Waals surface area contributed by atoms with Gasteiger partial charge in [-0.2, -0.15) is 0 Å². The molecule has 0 saturated heterocycles. The Morgan fingerprint density at radius 1 is 1.25 bits per heavy atom. The summed E-state index contributed by atoms with van der Waals surface area (Å²) in [5, 5.41) is 0.690. The standard InChI is InChI=1S/C7H18Si/c1-5-6-8-7(2,3)4/h5-6,8H2,1-4H3. The largest absolute Gasteiger partial charge is 0.0657 e. The van der Waals surface area contributed by atoms with Crippen molar-refractivity contribution < 1.29 is 0 Å². The maximum Gasteiger partial charge on any atom is 0.0260 e. The average molecular weight is 130 g/mol. The molecule has 0 unspecified atom stereocenters. The van der Waals surface area contributed by atoms with Crippen LogP contribution in [0.4, 0.5) is 0 Å². The van der Waals surface area contributed by atoms with Crippen LogP contribution in [0, 0.1) is 0 Å². The normalized spacial score (nSPS) is 13.5. The van der Waals surface area contributed by atoms with Crippen molar-refractivity contribution in [2.24, 2.45) is 0 Å². The summed E-state index contributed by atoms with van der Waals surface area (Å²) in [7, 11) is 0.250. The van der Waals surface area contributed by atoms with Gasteiger partial charge < -0.3 is 0 Å². The van der Waals surface area contributed by atoms with Crippen molar-refractivity contribution in [3.63, 3.8) is 0 Å². The summed E-state index contributed by atoms with van der Waals surface area (Å²) in [5.74, 6) is 0. The Hall–Kier alpha value is 0.217. The zero-order valence-corrected chi connectivity index (χ0v) is 8.04. The molecule has 0 N–H and O–H groups in total. The van der Waals surface area contributed by atoms with E-state index in [1.165, 1.54) is 12.5 Å². The highest BCUT2D eigenvalue weighted by molar-refractivity contribution is 6.39. The molecule has 0 aromatic rings. The van der Waals surface area contributed by atoms with Gasteiger partial charge in [-0.25, -0.2) is 0 Å². The van der Waals surface area contributed by atoms with Gasteiger partial charge >= 0.3 is 0 Å². The fourth-order valence-electron chi connectivity index (χ4n) is 0.707. The molecule has 0 aliphatic carbocycles. The molecule has 50 valence electrons. The quantitative estimate of drug-likeness (QED) is 0.503. The first kappa shape index (κ1) is 8.22. The Bertz CT molecular complexity index is 51.9. The maximum absolute atomic E-state index is 2.36. The summed E-state index contributed by atoms with van der Waals surface area (Å²) in [6, 6.07) is 1.52. The molecule has 0 radical (unpaired) electrons. The monoisotopic (exact) mass is 130 g/mol. The summed E-state index contributed by atoms with van der Waals surface area (Å²) in [6.07, 6.45) is 1.39. The number of hydrogen-bond acceptors (Lipinski definition) is 0. The van der Waals surface area contributed by atoms with Gasteiger partial charge in [0.2, 0.25) is 0 Å². The van der Waals surface area contributed by atoms with Crippen LogP contribution in [0.2, 0.25) is 11.1 Å². The Morgan fingerprint density at radius 2 is 1.75 bits per heavy atom. The molecule has 1 heteroatoms. The molecule has 0 saturated carbocycles. The second kappa shape index (κ2) is 3.28. The molecular formula is C7H18Si. The Morgan fingerprint density at radius 3 is 1.88 bits per heavy atom. The molecule has 0 nitrogen and oxygen atoms in total. The predicted molar refractivity (Wildman–Crippen MR) is 43.4 cm³/mol. The summed E-state index contributed by atoms with van der Waals surface area (Å²) in [6.45, 7) is 9.34. The summed E-state index contributed by atoms with van der Waals surface area (Å²) >= 11 is 0. The molecule has 0 aliphatic rings. The Balaban J connectivity index is 3.11. The van der Waals surface area contributed by atoms with Gasteiger partial charge in [0.1, 0.15) is 0 Å². The van der Waals surface area contributed by atoms with E-state index in [9.17, 15) is 0 Å². The third kappa shape index (κ3) is 6.22. The zero-order valence-electron chi connectivity index (χ0n) is 6.62. The van der Waals surface area contributed by atoms with Crippen molar-refractivity contribution in [1.29, 1.82) is 0 Å². The molecule has 0 amide bonds. The highest BCUT2D eigenvalue weighted by atomic mass is 28.2. The first-order valence-corrected chi connectivity index (χ1v) is 5.27. The van der Waals surface area contributed by atoms with E-state index < -0.39 is 0 Å². The van der Waals surface area contributed by atoms with Gasteiger partial charge in [0.25, 0.3) is 0 Å². The lowest BCUT2D eigenvalue weighted by molar-refractivity contribution is 0.745. The maximum atomic E-state index is 2.36. The highest BCUT2D eigenvalue weighted by Crippen LogP contribution is 2.21. The van der Waals surface area contributed by atoms with Gasteiger partial charge in [0, 0.05) is 9.52 Å². The van der Waals surface area contributed by atoms with Gasteiger partial charge in [-0.3, -0.25) is 0 Å². The summed E-state index contributed by atoms with van der Waals surface area (Å²) < 4.78 is 0. The van der Waals surface area contributed by atoms with Crippen LogP contribution in [0.15, 0.2) is 0 Å². The number of hydrogen-bond donors (Lipinski definition) is 0. The first-order valence-electron chi connectivity index (χ1n) is 3.56. The summed E-state index contributed by atoms with van der Waals surface area (Å²) in [4.78, 5) is 0. The van der Waals surface area contributed by atoms with E-state index in [2.05, 4.69) is 27.7 Å². The molecule has 0 atom stereocenters.